The molecule has 3 aliphatic heterocycles. The Kier molecular flexibility index (Phi) is 11.4. The summed E-state index contributed by atoms with van der Waals surface area (Å²) in [6.07, 6.45) is 17.3. The molecule has 0 spiro atoms. The molecule has 240 valence electrons. The maximum atomic E-state index is 13.9. The maximum absolute atomic E-state index is 13.9. The van der Waals surface area contributed by atoms with E-state index in [0.29, 0.717) is 42.2 Å². The van der Waals surface area contributed by atoms with Crippen LogP contribution in [0.15, 0.2) is 98.0 Å². The van der Waals surface area contributed by atoms with Gasteiger partial charge in [-0.3, -0.25) is 9.98 Å². The van der Waals surface area contributed by atoms with Crippen LogP contribution in [0.2, 0.25) is 0 Å². The highest BCUT2D eigenvalue weighted by molar-refractivity contribution is 6.05. The lowest BCUT2D eigenvalue weighted by Crippen LogP contribution is -2.12. The van der Waals surface area contributed by atoms with Crippen molar-refractivity contribution in [2.24, 2.45) is 26.8 Å². The molecule has 1 aliphatic carbocycles. The second-order valence-electron chi connectivity index (χ2n) is 11.9. The number of aliphatic imine (C=N–C) groups is 3. The zero-order valence-electron chi connectivity index (χ0n) is 27.1. The van der Waals surface area contributed by atoms with Gasteiger partial charge < -0.3 is 18.9 Å². The fourth-order valence-electron chi connectivity index (χ4n) is 5.99. The number of nitrogens with zero attached hydrogens (tertiary/aromatic N) is 3. The number of halogens is 1. The van der Waals surface area contributed by atoms with E-state index in [2.05, 4.69) is 46.4 Å². The summed E-state index contributed by atoms with van der Waals surface area (Å²) in [7, 11) is 4.99. The number of alkyl halides is 1. The van der Waals surface area contributed by atoms with E-state index in [0.717, 1.165) is 67.6 Å². The summed E-state index contributed by atoms with van der Waals surface area (Å²) < 4.78 is 37.4. The van der Waals surface area contributed by atoms with Gasteiger partial charge >= 0.3 is 0 Å². The molecule has 0 N–H and O–H groups in total. The smallest absolute Gasteiger partial charge is 0.222 e. The molecule has 0 saturated heterocycles. The van der Waals surface area contributed by atoms with Gasteiger partial charge in [0.1, 0.15) is 18.5 Å². The highest BCUT2D eigenvalue weighted by atomic mass is 19.1. The minimum absolute atomic E-state index is 0.154. The number of rotatable bonds is 11. The standard InChI is InChI=1S/C37H46FN3O4/c1-25(38)32-22-34(42-2)29(18-20-39-32)21-26-12-14-27(15-13-26)24-45-33-11-6-5-10-31(41-23-35(33)43-3)36-30(28-16-17-28)9-7-8-19-40-37(36)44-4/h9,11-15,19,22-23,25,28-29H,5-8,10,16-18,20-21,24H2,1-4H3/b30-9-,33-11+,35-23+,37-36-,40-19-,41-31-. The molecule has 2 unspecified atom stereocenters. The van der Waals surface area contributed by atoms with Crippen LogP contribution < -0.4 is 0 Å². The van der Waals surface area contributed by atoms with Gasteiger partial charge in [0.25, 0.3) is 0 Å². The van der Waals surface area contributed by atoms with Gasteiger partial charge in [-0.05, 0) is 93.4 Å². The summed E-state index contributed by atoms with van der Waals surface area (Å²) in [6, 6.07) is 8.44. The summed E-state index contributed by atoms with van der Waals surface area (Å²) in [6.45, 7) is 2.51. The number of hydrogen-bond donors (Lipinski definition) is 0. The summed E-state index contributed by atoms with van der Waals surface area (Å²) in [4.78, 5) is 14.0. The van der Waals surface area contributed by atoms with Gasteiger partial charge in [0.05, 0.1) is 44.5 Å². The fourth-order valence-corrected chi connectivity index (χ4v) is 5.99. The van der Waals surface area contributed by atoms with Gasteiger partial charge in [-0.2, -0.15) is 0 Å². The van der Waals surface area contributed by atoms with E-state index >= 15 is 0 Å². The molecule has 1 fully saturated rings. The molecule has 1 aromatic carbocycles. The molecule has 45 heavy (non-hydrogen) atoms. The van der Waals surface area contributed by atoms with Gasteiger partial charge in [-0.25, -0.2) is 9.38 Å². The van der Waals surface area contributed by atoms with Crippen molar-refractivity contribution in [3.8, 4) is 0 Å². The molecule has 0 aromatic heterocycles. The number of benzene rings is 1. The van der Waals surface area contributed by atoms with Gasteiger partial charge in [0, 0.05) is 24.8 Å². The Morgan fingerprint density at radius 1 is 0.911 bits per heavy atom. The van der Waals surface area contributed by atoms with Crippen molar-refractivity contribution >= 4 is 17.6 Å². The van der Waals surface area contributed by atoms with E-state index in [1.54, 1.807) is 33.6 Å². The second kappa shape index (κ2) is 15.9. The predicted octanol–water partition coefficient (Wildman–Crippen LogP) is 8.15. The molecule has 1 aromatic rings. The molecular formula is C37H46FN3O4. The molecular weight excluding hydrogens is 569 g/mol. The van der Waals surface area contributed by atoms with Crippen LogP contribution in [0, 0.1) is 11.8 Å². The largest absolute Gasteiger partial charge is 0.501 e. The van der Waals surface area contributed by atoms with Gasteiger partial charge in [-0.15, -0.1) is 0 Å². The first-order chi connectivity index (χ1) is 22.0. The van der Waals surface area contributed by atoms with E-state index in [-0.39, 0.29) is 5.92 Å². The normalized spacial score (nSPS) is 28.9. The number of hydrogen-bond acceptors (Lipinski definition) is 7. The third kappa shape index (κ3) is 8.62. The average Bonchev–Trinajstić information content (AvgIpc) is 3.88. The van der Waals surface area contributed by atoms with Crippen LogP contribution in [0.1, 0.15) is 69.4 Å². The summed E-state index contributed by atoms with van der Waals surface area (Å²) >= 11 is 0. The topological polar surface area (TPSA) is 74.0 Å². The highest BCUT2D eigenvalue weighted by Gasteiger charge is 2.32. The number of methoxy groups -OCH3 is 3. The van der Waals surface area contributed by atoms with Gasteiger partial charge in [0.15, 0.2) is 11.5 Å². The van der Waals surface area contributed by atoms with E-state index in [1.807, 2.05) is 6.21 Å². The van der Waals surface area contributed by atoms with Crippen molar-refractivity contribution in [3.05, 3.63) is 94.1 Å². The van der Waals surface area contributed by atoms with Gasteiger partial charge in [-0.1, -0.05) is 30.3 Å². The summed E-state index contributed by atoms with van der Waals surface area (Å²) in [5.41, 5.74) is 6.04. The lowest BCUT2D eigenvalue weighted by atomic mass is 9.92. The average molecular weight is 616 g/mol. The van der Waals surface area contributed by atoms with Crippen LogP contribution >= 0.6 is 0 Å². The summed E-state index contributed by atoms with van der Waals surface area (Å²) in [5.74, 6) is 3.42. The Bertz CT molecular complexity index is 1440. The zero-order valence-corrected chi connectivity index (χ0v) is 27.1. The zero-order chi connectivity index (χ0) is 31.6. The third-order valence-electron chi connectivity index (χ3n) is 8.63. The predicted molar refractivity (Wildman–Crippen MR) is 178 cm³/mol. The van der Waals surface area contributed by atoms with Gasteiger partial charge in [0.2, 0.25) is 5.88 Å². The van der Waals surface area contributed by atoms with E-state index < -0.39 is 6.17 Å². The first-order valence-corrected chi connectivity index (χ1v) is 16.2. The van der Waals surface area contributed by atoms with E-state index in [9.17, 15) is 4.39 Å². The molecule has 8 heteroatoms. The molecule has 0 bridgehead atoms. The Labute approximate surface area is 267 Å². The SMILES string of the molecule is COC1=CC(C(C)F)=NCCC1Cc1ccc(COC2=C/CCCC(/C3=C(OC)/N=C\CC/C=C\3C3CC3)=N/C=C\2OC)cc1. The Hall–Kier alpha value is -3.94. The highest BCUT2D eigenvalue weighted by Crippen LogP contribution is 2.43. The summed E-state index contributed by atoms with van der Waals surface area (Å²) in [5, 5.41) is 0. The Morgan fingerprint density at radius 3 is 2.42 bits per heavy atom. The maximum Gasteiger partial charge on any atom is 0.222 e. The fraction of sp³-hybridized carbons (Fsp3) is 0.486. The second-order valence-corrected chi connectivity index (χ2v) is 11.9. The molecule has 2 atom stereocenters. The number of ether oxygens (including phenoxy) is 4. The lowest BCUT2D eigenvalue weighted by Gasteiger charge is -2.18. The third-order valence-corrected chi connectivity index (χ3v) is 8.63. The first-order valence-electron chi connectivity index (χ1n) is 16.2. The van der Waals surface area contributed by atoms with E-state index in [4.69, 9.17) is 23.9 Å². The Morgan fingerprint density at radius 2 is 1.71 bits per heavy atom. The quantitative estimate of drug-likeness (QED) is 0.252. The molecule has 0 amide bonds. The lowest BCUT2D eigenvalue weighted by molar-refractivity contribution is 0.164. The van der Waals surface area contributed by atoms with Crippen molar-refractivity contribution in [2.45, 2.75) is 77.5 Å². The first kappa shape index (κ1) is 32.5. The van der Waals surface area contributed by atoms with Crippen molar-refractivity contribution in [3.63, 3.8) is 0 Å². The minimum Gasteiger partial charge on any atom is -0.501 e. The number of allylic oxidation sites excluding steroid dienone is 6. The van der Waals surface area contributed by atoms with Crippen molar-refractivity contribution in [1.29, 1.82) is 0 Å². The molecule has 3 heterocycles. The van der Waals surface area contributed by atoms with Crippen LogP contribution in [0.25, 0.3) is 0 Å². The van der Waals surface area contributed by atoms with Crippen molar-refractivity contribution in [2.75, 3.05) is 27.9 Å². The molecule has 0 radical (unpaired) electrons. The van der Waals surface area contributed by atoms with Crippen LogP contribution in [0.5, 0.6) is 0 Å². The van der Waals surface area contributed by atoms with E-state index in [1.165, 1.54) is 30.9 Å². The molecule has 4 aliphatic rings. The van der Waals surface area contributed by atoms with Crippen molar-refractivity contribution in [1.82, 2.24) is 0 Å². The van der Waals surface area contributed by atoms with Crippen LogP contribution in [0.3, 0.4) is 0 Å². The van der Waals surface area contributed by atoms with Crippen LogP contribution in [0.4, 0.5) is 4.39 Å². The molecule has 5 rings (SSSR count). The Balaban J connectivity index is 1.28. The van der Waals surface area contributed by atoms with Crippen LogP contribution in [-0.2, 0) is 32.0 Å². The molecule has 1 saturated carbocycles. The van der Waals surface area contributed by atoms with Crippen LogP contribution in [-0.4, -0.2) is 51.7 Å². The minimum atomic E-state index is -1.10. The molecule has 7 nitrogen and oxygen atoms in total. The monoisotopic (exact) mass is 615 g/mol. The van der Waals surface area contributed by atoms with Crippen molar-refractivity contribution < 1.29 is 23.3 Å².